The molecule has 0 unspecified atom stereocenters. The van der Waals surface area contributed by atoms with Crippen LogP contribution in [0.25, 0.3) is 17.0 Å². The van der Waals surface area contributed by atoms with Crippen LogP contribution in [0.4, 0.5) is 4.39 Å². The molecule has 3 rings (SSSR count). The van der Waals surface area contributed by atoms with Gasteiger partial charge in [0.2, 0.25) is 0 Å². The van der Waals surface area contributed by atoms with Gasteiger partial charge in [-0.05, 0) is 18.2 Å². The van der Waals surface area contributed by atoms with E-state index in [1.54, 1.807) is 10.5 Å². The summed E-state index contributed by atoms with van der Waals surface area (Å²) in [7, 11) is 0. The number of benzene rings is 1. The summed E-state index contributed by atoms with van der Waals surface area (Å²) in [6.07, 6.45) is 1.37. The van der Waals surface area contributed by atoms with Crippen molar-refractivity contribution in [2.24, 2.45) is 0 Å². The summed E-state index contributed by atoms with van der Waals surface area (Å²) >= 11 is 1.53. The number of aliphatic hydroxyl groups is 1. The van der Waals surface area contributed by atoms with Crippen molar-refractivity contribution >= 4 is 17.4 Å². The molecule has 0 spiro atoms. The average molecular weight is 289 g/mol. The van der Waals surface area contributed by atoms with Crippen LogP contribution in [0, 0.1) is 5.82 Å². The number of fused-ring (bicyclic) bond motifs is 1. The lowest BCUT2D eigenvalue weighted by Gasteiger charge is -2.07. The third-order valence-electron chi connectivity index (χ3n) is 2.84. The highest BCUT2D eigenvalue weighted by molar-refractivity contribution is 7.99. The molecule has 0 saturated heterocycles. The predicted octanol–water partition coefficient (Wildman–Crippen LogP) is 2.62. The second-order valence-corrected chi connectivity index (χ2v) is 5.30. The average Bonchev–Trinajstić information content (AvgIpc) is 2.88. The maximum absolute atomic E-state index is 13.4. The molecule has 0 saturated carbocycles. The van der Waals surface area contributed by atoms with Gasteiger partial charge in [-0.25, -0.2) is 4.39 Å². The number of hydrogen-bond donors (Lipinski definition) is 1. The zero-order chi connectivity index (χ0) is 13.9. The Morgan fingerprint density at radius 1 is 1.15 bits per heavy atom. The van der Waals surface area contributed by atoms with Crippen LogP contribution in [0.2, 0.25) is 0 Å². The molecule has 0 bridgehead atoms. The lowest BCUT2D eigenvalue weighted by Crippen LogP contribution is -1.93. The SMILES string of the molecule is OCCSc1ccccc1-c1nnc2ccc(F)cn12. The molecule has 0 radical (unpaired) electrons. The first-order valence-corrected chi connectivity index (χ1v) is 7.11. The third kappa shape index (κ3) is 2.39. The van der Waals surface area contributed by atoms with Crippen molar-refractivity contribution in [3.63, 3.8) is 0 Å². The van der Waals surface area contributed by atoms with E-state index in [1.165, 1.54) is 24.0 Å². The van der Waals surface area contributed by atoms with Crippen LogP contribution in [-0.2, 0) is 0 Å². The third-order valence-corrected chi connectivity index (χ3v) is 3.90. The fourth-order valence-corrected chi connectivity index (χ4v) is 2.78. The molecule has 4 nitrogen and oxygen atoms in total. The fourth-order valence-electron chi connectivity index (χ4n) is 1.98. The zero-order valence-electron chi connectivity index (χ0n) is 10.5. The van der Waals surface area contributed by atoms with Gasteiger partial charge in [0.05, 0.1) is 6.61 Å². The molecule has 0 fully saturated rings. The van der Waals surface area contributed by atoms with Gasteiger partial charge in [0.25, 0.3) is 0 Å². The van der Waals surface area contributed by atoms with E-state index >= 15 is 0 Å². The summed E-state index contributed by atoms with van der Waals surface area (Å²) in [5.41, 5.74) is 1.48. The molecule has 3 aromatic rings. The van der Waals surface area contributed by atoms with Gasteiger partial charge in [0.15, 0.2) is 11.5 Å². The molecule has 0 aliphatic carbocycles. The molecule has 2 heterocycles. The van der Waals surface area contributed by atoms with Crippen molar-refractivity contribution in [3.8, 4) is 11.4 Å². The molecule has 102 valence electrons. The highest BCUT2D eigenvalue weighted by Gasteiger charge is 2.12. The maximum Gasteiger partial charge on any atom is 0.169 e. The van der Waals surface area contributed by atoms with Crippen molar-refractivity contribution in [2.75, 3.05) is 12.4 Å². The molecule has 6 heteroatoms. The van der Waals surface area contributed by atoms with Gasteiger partial charge in [-0.3, -0.25) is 4.40 Å². The molecule has 0 aliphatic rings. The van der Waals surface area contributed by atoms with Crippen LogP contribution >= 0.6 is 11.8 Å². The fraction of sp³-hybridized carbons (Fsp3) is 0.143. The summed E-state index contributed by atoms with van der Waals surface area (Å²) in [4.78, 5) is 0.986. The van der Waals surface area contributed by atoms with Gasteiger partial charge in [0.1, 0.15) is 5.82 Å². The van der Waals surface area contributed by atoms with E-state index in [1.807, 2.05) is 24.3 Å². The van der Waals surface area contributed by atoms with Crippen molar-refractivity contribution in [1.82, 2.24) is 14.6 Å². The van der Waals surface area contributed by atoms with Crippen LogP contribution in [0.15, 0.2) is 47.5 Å². The number of nitrogens with zero attached hydrogens (tertiary/aromatic N) is 3. The summed E-state index contributed by atoms with van der Waals surface area (Å²) in [5.74, 6) is 0.863. The van der Waals surface area contributed by atoms with Crippen LogP contribution in [-0.4, -0.2) is 32.1 Å². The Morgan fingerprint density at radius 3 is 2.85 bits per heavy atom. The quantitative estimate of drug-likeness (QED) is 0.750. The predicted molar refractivity (Wildman–Crippen MR) is 76.2 cm³/mol. The Bertz CT molecular complexity index is 744. The van der Waals surface area contributed by atoms with Gasteiger partial charge in [-0.1, -0.05) is 18.2 Å². The van der Waals surface area contributed by atoms with E-state index in [-0.39, 0.29) is 12.4 Å². The number of rotatable bonds is 4. The molecule has 20 heavy (non-hydrogen) atoms. The van der Waals surface area contributed by atoms with E-state index < -0.39 is 0 Å². The van der Waals surface area contributed by atoms with Gasteiger partial charge < -0.3 is 5.11 Å². The summed E-state index contributed by atoms with van der Waals surface area (Å²) in [6, 6.07) is 10.7. The van der Waals surface area contributed by atoms with Gasteiger partial charge >= 0.3 is 0 Å². The number of hydrogen-bond acceptors (Lipinski definition) is 4. The van der Waals surface area contributed by atoms with Crippen LogP contribution in [0.1, 0.15) is 0 Å². The summed E-state index contributed by atoms with van der Waals surface area (Å²) in [5, 5.41) is 17.1. The molecule has 0 aliphatic heterocycles. The van der Waals surface area contributed by atoms with E-state index in [4.69, 9.17) is 5.11 Å². The molecule has 0 atom stereocenters. The molecular weight excluding hydrogens is 277 g/mol. The molecule has 0 amide bonds. The van der Waals surface area contributed by atoms with Crippen molar-refractivity contribution in [3.05, 3.63) is 48.4 Å². The van der Waals surface area contributed by atoms with E-state index in [0.717, 1.165) is 10.5 Å². The van der Waals surface area contributed by atoms with E-state index in [0.29, 0.717) is 17.2 Å². The summed E-state index contributed by atoms with van der Waals surface area (Å²) in [6.45, 7) is 0.105. The number of halogens is 1. The molecule has 1 aromatic carbocycles. The number of pyridine rings is 1. The lowest BCUT2D eigenvalue weighted by molar-refractivity contribution is 0.322. The second kappa shape index (κ2) is 5.60. The van der Waals surface area contributed by atoms with Crippen molar-refractivity contribution in [1.29, 1.82) is 0 Å². The Hall–Kier alpha value is -1.92. The Kier molecular flexibility index (Phi) is 3.66. The molecular formula is C14H12FN3OS. The van der Waals surface area contributed by atoms with Gasteiger partial charge in [-0.15, -0.1) is 22.0 Å². The number of aliphatic hydroxyl groups excluding tert-OH is 1. The topological polar surface area (TPSA) is 50.4 Å². The minimum absolute atomic E-state index is 0.105. The summed E-state index contributed by atoms with van der Waals surface area (Å²) < 4.78 is 15.0. The largest absolute Gasteiger partial charge is 0.396 e. The Labute approximate surface area is 119 Å². The van der Waals surface area contributed by atoms with E-state index in [2.05, 4.69) is 10.2 Å². The first-order chi connectivity index (χ1) is 9.79. The monoisotopic (exact) mass is 289 g/mol. The van der Waals surface area contributed by atoms with Crippen molar-refractivity contribution in [2.45, 2.75) is 4.90 Å². The molecule has 2 aromatic heterocycles. The van der Waals surface area contributed by atoms with Crippen LogP contribution in [0.5, 0.6) is 0 Å². The smallest absolute Gasteiger partial charge is 0.169 e. The highest BCUT2D eigenvalue weighted by Crippen LogP contribution is 2.30. The minimum Gasteiger partial charge on any atom is -0.396 e. The maximum atomic E-state index is 13.4. The van der Waals surface area contributed by atoms with Crippen molar-refractivity contribution < 1.29 is 9.50 Å². The van der Waals surface area contributed by atoms with Gasteiger partial charge in [-0.2, -0.15) is 0 Å². The Balaban J connectivity index is 2.13. The number of aromatic nitrogens is 3. The molecule has 1 N–H and O–H groups in total. The number of thioether (sulfide) groups is 1. The minimum atomic E-state index is -0.334. The van der Waals surface area contributed by atoms with Crippen LogP contribution < -0.4 is 0 Å². The highest BCUT2D eigenvalue weighted by atomic mass is 32.2. The lowest BCUT2D eigenvalue weighted by atomic mass is 10.2. The Morgan fingerprint density at radius 2 is 2.00 bits per heavy atom. The second-order valence-electron chi connectivity index (χ2n) is 4.17. The van der Waals surface area contributed by atoms with E-state index in [9.17, 15) is 4.39 Å². The van der Waals surface area contributed by atoms with Crippen LogP contribution in [0.3, 0.4) is 0 Å². The first-order valence-electron chi connectivity index (χ1n) is 6.13. The normalized spacial score (nSPS) is 11.1. The standard InChI is InChI=1S/C14H12FN3OS/c15-10-5-6-13-16-17-14(18(13)9-10)11-3-1-2-4-12(11)20-8-7-19/h1-6,9,19H,7-8H2. The first kappa shape index (κ1) is 13.1. The van der Waals surface area contributed by atoms with Gasteiger partial charge in [0, 0.05) is 22.4 Å². The zero-order valence-corrected chi connectivity index (χ0v) is 11.3.